The third-order valence-corrected chi connectivity index (χ3v) is 4.79. The molecule has 1 aromatic carbocycles. The predicted octanol–water partition coefficient (Wildman–Crippen LogP) is 0.964. The summed E-state index contributed by atoms with van der Waals surface area (Å²) in [4.78, 5) is 10.8. The van der Waals surface area contributed by atoms with E-state index in [9.17, 15) is 17.6 Å². The molecule has 2 N–H and O–H groups in total. The predicted molar refractivity (Wildman–Crippen MR) is 70.3 cm³/mol. The minimum atomic E-state index is -4.00. The number of halogens is 2. The molecule has 0 heterocycles. The Morgan fingerprint density at radius 2 is 2.11 bits per heavy atom. The van der Waals surface area contributed by atoms with Gasteiger partial charge in [-0.25, -0.2) is 12.8 Å². The van der Waals surface area contributed by atoms with E-state index in [0.717, 1.165) is 23.5 Å². The molecule has 0 amide bonds. The third-order valence-electron chi connectivity index (χ3n) is 2.32. The van der Waals surface area contributed by atoms with Gasteiger partial charge in [-0.3, -0.25) is 4.79 Å². The fourth-order valence-corrected chi connectivity index (χ4v) is 3.00. The van der Waals surface area contributed by atoms with Crippen LogP contribution in [0.1, 0.15) is 0 Å². The van der Waals surface area contributed by atoms with Crippen LogP contribution in [0.5, 0.6) is 0 Å². The van der Waals surface area contributed by atoms with Crippen LogP contribution in [0.15, 0.2) is 21.5 Å². The van der Waals surface area contributed by atoms with Crippen molar-refractivity contribution in [3.63, 3.8) is 0 Å². The fourth-order valence-electron chi connectivity index (χ4n) is 1.27. The second kappa shape index (κ2) is 5.85. The van der Waals surface area contributed by atoms with E-state index < -0.39 is 28.4 Å². The third kappa shape index (κ3) is 3.43. The van der Waals surface area contributed by atoms with E-state index in [2.05, 4.69) is 20.7 Å². The number of carbonyl (C=O) groups is 1. The maximum Gasteiger partial charge on any atom is 0.321 e. The molecule has 19 heavy (non-hydrogen) atoms. The Bertz CT molecular complexity index is 606. The fraction of sp³-hybridized carbons (Fsp3) is 0.300. The van der Waals surface area contributed by atoms with Gasteiger partial charge in [-0.2, -0.15) is 4.31 Å². The van der Waals surface area contributed by atoms with Crippen molar-refractivity contribution in [1.82, 2.24) is 4.31 Å². The molecule has 6 nitrogen and oxygen atoms in total. The van der Waals surface area contributed by atoms with Crippen LogP contribution in [0.25, 0.3) is 0 Å². The summed E-state index contributed by atoms with van der Waals surface area (Å²) in [7, 11) is -1.66. The average molecular weight is 355 g/mol. The van der Waals surface area contributed by atoms with Crippen LogP contribution < -0.4 is 5.73 Å². The molecule has 0 fully saturated rings. The Kier molecular flexibility index (Phi) is 4.88. The van der Waals surface area contributed by atoms with E-state index in [1.54, 1.807) is 0 Å². The first-order chi connectivity index (χ1) is 8.70. The number of nitrogen functional groups attached to an aromatic ring is 1. The van der Waals surface area contributed by atoms with E-state index in [0.29, 0.717) is 0 Å². The number of hydrogen-bond donors (Lipinski definition) is 1. The summed E-state index contributed by atoms with van der Waals surface area (Å²) in [5.41, 5.74) is 5.26. The van der Waals surface area contributed by atoms with Crippen molar-refractivity contribution in [1.29, 1.82) is 0 Å². The summed E-state index contributed by atoms with van der Waals surface area (Å²) in [6, 6.07) is 1.94. The lowest BCUT2D eigenvalue weighted by Gasteiger charge is -2.17. The highest BCUT2D eigenvalue weighted by Gasteiger charge is 2.26. The molecule has 9 heteroatoms. The lowest BCUT2D eigenvalue weighted by atomic mass is 10.3. The summed E-state index contributed by atoms with van der Waals surface area (Å²) in [5.74, 6) is -1.39. The Balaban J connectivity index is 3.20. The van der Waals surface area contributed by atoms with Crippen LogP contribution in [-0.2, 0) is 19.6 Å². The van der Waals surface area contributed by atoms with Crippen molar-refractivity contribution in [2.45, 2.75) is 4.90 Å². The zero-order chi connectivity index (χ0) is 14.8. The Morgan fingerprint density at radius 1 is 1.53 bits per heavy atom. The van der Waals surface area contributed by atoms with Gasteiger partial charge in [0.2, 0.25) is 10.0 Å². The van der Waals surface area contributed by atoms with Crippen LogP contribution in [-0.4, -0.2) is 39.4 Å². The monoisotopic (exact) mass is 354 g/mol. The van der Waals surface area contributed by atoms with Gasteiger partial charge in [0.25, 0.3) is 0 Å². The topological polar surface area (TPSA) is 89.7 Å². The summed E-state index contributed by atoms with van der Waals surface area (Å²) in [6.07, 6.45) is 0. The largest absolute Gasteiger partial charge is 0.468 e. The van der Waals surface area contributed by atoms with Crippen molar-refractivity contribution in [3.8, 4) is 0 Å². The first-order valence-electron chi connectivity index (χ1n) is 4.97. The van der Waals surface area contributed by atoms with Crippen LogP contribution in [0.2, 0.25) is 0 Å². The van der Waals surface area contributed by atoms with Gasteiger partial charge in [0.15, 0.2) is 0 Å². The molecule has 0 atom stereocenters. The molecule has 0 aliphatic rings. The summed E-state index contributed by atoms with van der Waals surface area (Å²) < 4.78 is 42.6. The number of sulfonamides is 1. The van der Waals surface area contributed by atoms with Crippen molar-refractivity contribution >= 4 is 37.6 Å². The van der Waals surface area contributed by atoms with Crippen LogP contribution in [0, 0.1) is 5.82 Å². The maximum atomic E-state index is 13.2. The SMILES string of the molecule is COC(=O)CN(C)S(=O)(=O)c1cc(Br)c(F)cc1N. The molecule has 0 aliphatic carbocycles. The molecular formula is C10H12BrFN2O4S. The number of carbonyl (C=O) groups excluding carboxylic acids is 1. The van der Waals surface area contributed by atoms with Gasteiger partial charge in [-0.05, 0) is 28.1 Å². The zero-order valence-electron chi connectivity index (χ0n) is 10.2. The van der Waals surface area contributed by atoms with Gasteiger partial charge in [-0.1, -0.05) is 0 Å². The molecule has 0 spiro atoms. The minimum Gasteiger partial charge on any atom is -0.468 e. The second-order valence-corrected chi connectivity index (χ2v) is 6.51. The van der Waals surface area contributed by atoms with Crippen molar-refractivity contribution in [3.05, 3.63) is 22.4 Å². The minimum absolute atomic E-state index is 0.0354. The molecule has 0 unspecified atom stereocenters. The first-order valence-corrected chi connectivity index (χ1v) is 7.21. The lowest BCUT2D eigenvalue weighted by Crippen LogP contribution is -2.33. The summed E-state index contributed by atoms with van der Waals surface area (Å²) in [6.45, 7) is -0.465. The number of ether oxygens (including phenoxy) is 1. The molecule has 106 valence electrons. The van der Waals surface area contributed by atoms with Gasteiger partial charge in [-0.15, -0.1) is 0 Å². The van der Waals surface area contributed by atoms with Crippen LogP contribution >= 0.6 is 15.9 Å². The van der Waals surface area contributed by atoms with E-state index in [4.69, 9.17) is 5.73 Å². The second-order valence-electron chi connectivity index (χ2n) is 3.64. The highest BCUT2D eigenvalue weighted by Crippen LogP contribution is 2.27. The molecule has 0 saturated heterocycles. The van der Waals surface area contributed by atoms with E-state index in [-0.39, 0.29) is 15.1 Å². The zero-order valence-corrected chi connectivity index (χ0v) is 12.6. The number of esters is 1. The van der Waals surface area contributed by atoms with Crippen molar-refractivity contribution < 1.29 is 22.3 Å². The van der Waals surface area contributed by atoms with Crippen molar-refractivity contribution in [2.24, 2.45) is 0 Å². The number of likely N-dealkylation sites (N-methyl/N-ethyl adjacent to an activating group) is 1. The van der Waals surface area contributed by atoms with Gasteiger partial charge < -0.3 is 10.5 Å². The highest BCUT2D eigenvalue weighted by molar-refractivity contribution is 9.10. The van der Waals surface area contributed by atoms with E-state index >= 15 is 0 Å². The quantitative estimate of drug-likeness (QED) is 0.642. The Morgan fingerprint density at radius 3 is 2.63 bits per heavy atom. The number of nitrogens with two attached hydrogens (primary N) is 1. The van der Waals surface area contributed by atoms with Crippen LogP contribution in [0.4, 0.5) is 10.1 Å². The summed E-state index contributed by atoms with van der Waals surface area (Å²) in [5, 5.41) is 0. The van der Waals surface area contributed by atoms with Gasteiger partial charge in [0.05, 0.1) is 17.3 Å². The molecule has 0 aromatic heterocycles. The molecule has 0 saturated carbocycles. The number of nitrogens with zero attached hydrogens (tertiary/aromatic N) is 1. The number of anilines is 1. The molecular weight excluding hydrogens is 343 g/mol. The Hall–Kier alpha value is -1.19. The smallest absolute Gasteiger partial charge is 0.321 e. The standard InChI is InChI=1S/C10H12BrFN2O4S/c1-14(5-10(15)18-2)19(16,17)9-3-6(11)7(12)4-8(9)13/h3-4H,5,13H2,1-2H3. The maximum absolute atomic E-state index is 13.2. The van der Waals surface area contributed by atoms with Gasteiger partial charge in [0, 0.05) is 7.05 Å². The molecule has 1 aromatic rings. The van der Waals surface area contributed by atoms with E-state index in [1.807, 2.05) is 0 Å². The number of methoxy groups -OCH3 is 1. The molecule has 0 bridgehead atoms. The molecule has 0 radical (unpaired) electrons. The Labute approximate surface area is 118 Å². The lowest BCUT2D eigenvalue weighted by molar-refractivity contribution is -0.140. The van der Waals surface area contributed by atoms with Gasteiger partial charge >= 0.3 is 5.97 Å². The van der Waals surface area contributed by atoms with Gasteiger partial charge in [0.1, 0.15) is 17.3 Å². The molecule has 1 rings (SSSR count). The first kappa shape index (κ1) is 15.9. The van der Waals surface area contributed by atoms with E-state index in [1.165, 1.54) is 7.05 Å². The number of rotatable bonds is 4. The number of hydrogen-bond acceptors (Lipinski definition) is 5. The normalized spacial score (nSPS) is 11.6. The molecule has 0 aliphatic heterocycles. The van der Waals surface area contributed by atoms with Crippen molar-refractivity contribution in [2.75, 3.05) is 26.4 Å². The van der Waals surface area contributed by atoms with Crippen LogP contribution in [0.3, 0.4) is 0 Å². The summed E-state index contributed by atoms with van der Waals surface area (Å²) >= 11 is 2.88. The average Bonchev–Trinajstić information content (AvgIpc) is 2.33. The highest BCUT2D eigenvalue weighted by atomic mass is 79.9. The number of benzene rings is 1.